The summed E-state index contributed by atoms with van der Waals surface area (Å²) in [6.45, 7) is 2.26. The Morgan fingerprint density at radius 2 is 1.63 bits per heavy atom. The SMILES string of the molecule is Clc1ccc2nc(N3CCCCCCC3)ccc2c1. The fourth-order valence-corrected chi connectivity index (χ4v) is 2.92. The second-order valence-corrected chi connectivity index (χ2v) is 5.70. The van der Waals surface area contributed by atoms with Gasteiger partial charge < -0.3 is 4.90 Å². The Kier molecular flexibility index (Phi) is 3.88. The van der Waals surface area contributed by atoms with Crippen LogP contribution in [0.3, 0.4) is 0 Å². The second kappa shape index (κ2) is 5.79. The average Bonchev–Trinajstić information content (AvgIpc) is 2.38. The highest BCUT2D eigenvalue weighted by atomic mass is 35.5. The van der Waals surface area contributed by atoms with Crippen molar-refractivity contribution in [3.8, 4) is 0 Å². The minimum atomic E-state index is 0.772. The lowest BCUT2D eigenvalue weighted by atomic mass is 10.1. The smallest absolute Gasteiger partial charge is 0.129 e. The zero-order valence-corrected chi connectivity index (χ0v) is 11.9. The molecule has 1 fully saturated rings. The molecular formula is C16H19ClN2. The maximum Gasteiger partial charge on any atom is 0.129 e. The molecule has 1 aromatic heterocycles. The number of anilines is 1. The molecule has 0 atom stereocenters. The van der Waals surface area contributed by atoms with Crippen molar-refractivity contribution >= 4 is 28.3 Å². The van der Waals surface area contributed by atoms with Crippen LogP contribution in [0.4, 0.5) is 5.82 Å². The predicted octanol–water partition coefficient (Wildman–Crippen LogP) is 4.66. The van der Waals surface area contributed by atoms with Crippen LogP contribution in [0.15, 0.2) is 30.3 Å². The van der Waals surface area contributed by atoms with E-state index < -0.39 is 0 Å². The molecule has 1 aliphatic heterocycles. The van der Waals surface area contributed by atoms with E-state index in [1.165, 1.54) is 32.1 Å². The molecule has 1 aromatic carbocycles. The lowest BCUT2D eigenvalue weighted by molar-refractivity contribution is 0.554. The molecule has 1 saturated heterocycles. The van der Waals surface area contributed by atoms with Crippen molar-refractivity contribution in [2.75, 3.05) is 18.0 Å². The van der Waals surface area contributed by atoms with Crippen LogP contribution in [0, 0.1) is 0 Å². The van der Waals surface area contributed by atoms with Crippen molar-refractivity contribution in [3.05, 3.63) is 35.4 Å². The molecule has 0 radical (unpaired) electrons. The van der Waals surface area contributed by atoms with Crippen LogP contribution in [0.25, 0.3) is 10.9 Å². The Bertz CT molecular complexity index is 560. The maximum absolute atomic E-state index is 6.01. The lowest BCUT2D eigenvalue weighted by Crippen LogP contribution is -2.27. The molecule has 0 aliphatic carbocycles. The van der Waals surface area contributed by atoms with Gasteiger partial charge in [-0.1, -0.05) is 30.9 Å². The first-order chi connectivity index (χ1) is 9.33. The molecule has 0 N–H and O–H groups in total. The van der Waals surface area contributed by atoms with E-state index in [1.54, 1.807) is 0 Å². The number of hydrogen-bond donors (Lipinski definition) is 0. The summed E-state index contributed by atoms with van der Waals surface area (Å²) in [4.78, 5) is 7.20. The van der Waals surface area contributed by atoms with Gasteiger partial charge in [0.15, 0.2) is 0 Å². The Labute approximate surface area is 119 Å². The molecule has 2 heterocycles. The number of aromatic nitrogens is 1. The average molecular weight is 275 g/mol. The fourth-order valence-electron chi connectivity index (χ4n) is 2.74. The molecule has 0 saturated carbocycles. The van der Waals surface area contributed by atoms with Crippen LogP contribution < -0.4 is 4.90 Å². The summed E-state index contributed by atoms with van der Waals surface area (Å²) in [7, 11) is 0. The van der Waals surface area contributed by atoms with Gasteiger partial charge in [-0.3, -0.25) is 0 Å². The number of fused-ring (bicyclic) bond motifs is 1. The number of halogens is 1. The Morgan fingerprint density at radius 1 is 0.895 bits per heavy atom. The third-order valence-electron chi connectivity index (χ3n) is 3.82. The van der Waals surface area contributed by atoms with Gasteiger partial charge in [0.1, 0.15) is 5.82 Å². The normalized spacial score (nSPS) is 17.2. The number of rotatable bonds is 1. The van der Waals surface area contributed by atoms with Crippen LogP contribution in [-0.4, -0.2) is 18.1 Å². The van der Waals surface area contributed by atoms with Gasteiger partial charge in [-0.15, -0.1) is 0 Å². The zero-order valence-electron chi connectivity index (χ0n) is 11.1. The number of pyridine rings is 1. The Balaban J connectivity index is 1.88. The molecule has 0 bridgehead atoms. The van der Waals surface area contributed by atoms with Gasteiger partial charge in [0.25, 0.3) is 0 Å². The molecule has 0 unspecified atom stereocenters. The van der Waals surface area contributed by atoms with Crippen LogP contribution in [0.2, 0.25) is 5.02 Å². The van der Waals surface area contributed by atoms with Crippen molar-refractivity contribution in [2.45, 2.75) is 32.1 Å². The molecule has 3 heteroatoms. The summed E-state index contributed by atoms with van der Waals surface area (Å²) in [5.74, 6) is 1.11. The Morgan fingerprint density at radius 3 is 2.42 bits per heavy atom. The number of hydrogen-bond acceptors (Lipinski definition) is 2. The summed E-state index contributed by atoms with van der Waals surface area (Å²) in [6, 6.07) is 10.1. The summed E-state index contributed by atoms with van der Waals surface area (Å²) in [6.07, 6.45) is 6.64. The van der Waals surface area contributed by atoms with Crippen molar-refractivity contribution < 1.29 is 0 Å². The second-order valence-electron chi connectivity index (χ2n) is 5.26. The minimum absolute atomic E-state index is 0.772. The monoisotopic (exact) mass is 274 g/mol. The van der Waals surface area contributed by atoms with Crippen molar-refractivity contribution in [3.63, 3.8) is 0 Å². The van der Waals surface area contributed by atoms with Crippen molar-refractivity contribution in [1.29, 1.82) is 0 Å². The molecule has 1 aliphatic rings. The van der Waals surface area contributed by atoms with Gasteiger partial charge >= 0.3 is 0 Å². The highest BCUT2D eigenvalue weighted by Crippen LogP contribution is 2.23. The molecule has 0 amide bonds. The first-order valence-corrected chi connectivity index (χ1v) is 7.52. The molecule has 2 nitrogen and oxygen atoms in total. The topological polar surface area (TPSA) is 16.1 Å². The van der Waals surface area contributed by atoms with Crippen molar-refractivity contribution in [1.82, 2.24) is 4.98 Å². The van der Waals surface area contributed by atoms with Crippen LogP contribution in [-0.2, 0) is 0 Å². The summed E-state index contributed by atoms with van der Waals surface area (Å²) < 4.78 is 0. The van der Waals surface area contributed by atoms with Gasteiger partial charge in [0, 0.05) is 23.5 Å². The van der Waals surface area contributed by atoms with Gasteiger partial charge in [0.05, 0.1) is 5.52 Å². The van der Waals surface area contributed by atoms with Gasteiger partial charge in [-0.25, -0.2) is 4.98 Å². The highest BCUT2D eigenvalue weighted by Gasteiger charge is 2.10. The van der Waals surface area contributed by atoms with E-state index in [9.17, 15) is 0 Å². The van der Waals surface area contributed by atoms with Crippen LogP contribution in [0.5, 0.6) is 0 Å². The van der Waals surface area contributed by atoms with E-state index >= 15 is 0 Å². The Hall–Kier alpha value is -1.28. The quantitative estimate of drug-likeness (QED) is 0.752. The standard InChI is InChI=1S/C16H19ClN2/c17-14-7-8-15-13(12-14)6-9-16(18-15)19-10-4-2-1-3-5-11-19/h6-9,12H,1-5,10-11H2. The van der Waals surface area contributed by atoms with Gasteiger partial charge in [0.2, 0.25) is 0 Å². The van der Waals surface area contributed by atoms with E-state index in [4.69, 9.17) is 16.6 Å². The summed E-state index contributed by atoms with van der Waals surface area (Å²) in [5.41, 5.74) is 1.03. The zero-order chi connectivity index (χ0) is 13.1. The largest absolute Gasteiger partial charge is 0.357 e. The molecule has 2 aromatic rings. The summed E-state index contributed by atoms with van der Waals surface area (Å²) in [5, 5.41) is 1.89. The minimum Gasteiger partial charge on any atom is -0.357 e. The predicted molar refractivity (Wildman–Crippen MR) is 82.1 cm³/mol. The van der Waals surface area contributed by atoms with E-state index in [1.807, 2.05) is 18.2 Å². The molecular weight excluding hydrogens is 256 g/mol. The van der Waals surface area contributed by atoms with Crippen LogP contribution >= 0.6 is 11.6 Å². The molecule has 0 spiro atoms. The van der Waals surface area contributed by atoms with Gasteiger partial charge in [-0.2, -0.15) is 0 Å². The van der Waals surface area contributed by atoms with E-state index in [-0.39, 0.29) is 0 Å². The third kappa shape index (κ3) is 3.01. The maximum atomic E-state index is 6.01. The van der Waals surface area contributed by atoms with Gasteiger partial charge in [-0.05, 0) is 43.2 Å². The third-order valence-corrected chi connectivity index (χ3v) is 4.05. The van der Waals surface area contributed by atoms with Crippen LogP contribution in [0.1, 0.15) is 32.1 Å². The van der Waals surface area contributed by atoms with E-state index in [0.29, 0.717) is 0 Å². The van der Waals surface area contributed by atoms with E-state index in [2.05, 4.69) is 17.0 Å². The molecule has 100 valence electrons. The van der Waals surface area contributed by atoms with Crippen molar-refractivity contribution in [2.24, 2.45) is 0 Å². The molecule has 19 heavy (non-hydrogen) atoms. The number of nitrogens with zero attached hydrogens (tertiary/aromatic N) is 2. The number of benzene rings is 1. The first kappa shape index (κ1) is 12.7. The summed E-state index contributed by atoms with van der Waals surface area (Å²) >= 11 is 6.01. The fraction of sp³-hybridized carbons (Fsp3) is 0.438. The van der Waals surface area contributed by atoms with E-state index in [0.717, 1.165) is 34.8 Å². The first-order valence-electron chi connectivity index (χ1n) is 7.14. The highest BCUT2D eigenvalue weighted by molar-refractivity contribution is 6.31. The lowest BCUT2D eigenvalue weighted by Gasteiger charge is -2.26. The molecule has 3 rings (SSSR count).